The Labute approximate surface area is 217 Å². The van der Waals surface area contributed by atoms with Crippen molar-refractivity contribution in [3.63, 3.8) is 0 Å². The van der Waals surface area contributed by atoms with Crippen molar-refractivity contribution in [3.05, 3.63) is 70.4 Å². The first-order valence-electron chi connectivity index (χ1n) is 11.8. The Morgan fingerprint density at radius 3 is 2.43 bits per heavy atom. The number of aliphatic carboxylic acids is 1. The average molecular weight is 540 g/mol. The van der Waals surface area contributed by atoms with E-state index in [1.165, 1.54) is 5.56 Å². The van der Waals surface area contributed by atoms with E-state index < -0.39 is 18.2 Å². The van der Waals surface area contributed by atoms with Crippen molar-refractivity contribution in [2.45, 2.75) is 44.5 Å². The monoisotopic (exact) mass is 539 g/mol. The van der Waals surface area contributed by atoms with Crippen LogP contribution in [-0.2, 0) is 11.2 Å². The second kappa shape index (κ2) is 12.4. The van der Waals surface area contributed by atoms with Gasteiger partial charge in [0, 0.05) is 42.3 Å². The predicted molar refractivity (Wildman–Crippen MR) is 135 cm³/mol. The number of hydrogen-bond acceptors (Lipinski definition) is 4. The van der Waals surface area contributed by atoms with Gasteiger partial charge in [-0.3, -0.25) is 4.79 Å². The van der Waals surface area contributed by atoms with Crippen LogP contribution in [0.2, 0.25) is 5.02 Å². The lowest BCUT2D eigenvalue weighted by atomic mass is 10.0. The second-order valence-corrected chi connectivity index (χ2v) is 9.36. The van der Waals surface area contributed by atoms with E-state index in [1.807, 2.05) is 35.4 Å². The van der Waals surface area contributed by atoms with Crippen molar-refractivity contribution in [1.29, 1.82) is 0 Å². The van der Waals surface area contributed by atoms with Gasteiger partial charge < -0.3 is 25.4 Å². The fourth-order valence-corrected chi connectivity index (χ4v) is 4.40. The molecular weight excluding hydrogens is 511 g/mol. The standard InChI is InChI=1S/C24H28ClN3O2.C2HF3O2/c1-16(26-15-22(29)17-6-4-7-19(25)13-17)12-18-14-27-23-20(18)8-5-9-21(23)24(30)28-10-2-3-11-28;3-2(4,5)1(6)7/h4-9,13-14,16,22,26-27,29H,2-3,10-12,15H2,1H3;(H,6,7)/t16-,22+;/m1./s1. The van der Waals surface area contributed by atoms with Gasteiger partial charge in [0.25, 0.3) is 5.91 Å². The topological polar surface area (TPSA) is 106 Å². The van der Waals surface area contributed by atoms with Crippen LogP contribution in [-0.4, -0.2) is 63.8 Å². The summed E-state index contributed by atoms with van der Waals surface area (Å²) in [7, 11) is 0. The fraction of sp³-hybridized carbons (Fsp3) is 0.385. The molecule has 0 aliphatic carbocycles. The number of aliphatic hydroxyl groups is 1. The van der Waals surface area contributed by atoms with Gasteiger partial charge in [-0.05, 0) is 55.5 Å². The SMILES string of the molecule is C[C@H](Cc1c[nH]c2c(C(=O)N3CCCC3)cccc12)NC[C@H](O)c1cccc(Cl)c1.O=C(O)C(F)(F)F. The molecule has 2 aromatic carbocycles. The molecule has 4 N–H and O–H groups in total. The molecule has 37 heavy (non-hydrogen) atoms. The van der Waals surface area contributed by atoms with Crippen LogP contribution in [0.15, 0.2) is 48.7 Å². The lowest BCUT2D eigenvalue weighted by molar-refractivity contribution is -0.192. The Bertz CT molecular complexity index is 1230. The van der Waals surface area contributed by atoms with Gasteiger partial charge >= 0.3 is 12.1 Å². The number of aliphatic hydroxyl groups excluding tert-OH is 1. The molecule has 1 aliphatic rings. The highest BCUT2D eigenvalue weighted by molar-refractivity contribution is 6.30. The molecule has 4 rings (SSSR count). The molecule has 2 atom stereocenters. The van der Waals surface area contributed by atoms with Crippen molar-refractivity contribution in [1.82, 2.24) is 15.2 Å². The molecule has 1 amide bonds. The van der Waals surface area contributed by atoms with Gasteiger partial charge in [-0.1, -0.05) is 35.9 Å². The Balaban J connectivity index is 0.000000479. The number of carbonyl (C=O) groups excluding carboxylic acids is 1. The fourth-order valence-electron chi connectivity index (χ4n) is 4.20. The summed E-state index contributed by atoms with van der Waals surface area (Å²) >= 11 is 6.02. The Hall–Kier alpha value is -3.08. The molecule has 1 aliphatic heterocycles. The molecule has 11 heteroatoms. The molecule has 0 unspecified atom stereocenters. The molecule has 1 aromatic heterocycles. The molecule has 1 fully saturated rings. The van der Waals surface area contributed by atoms with Gasteiger partial charge in [0.2, 0.25) is 0 Å². The summed E-state index contributed by atoms with van der Waals surface area (Å²) < 4.78 is 31.7. The van der Waals surface area contributed by atoms with E-state index in [4.69, 9.17) is 21.5 Å². The molecular formula is C26H29ClF3N3O4. The highest BCUT2D eigenvalue weighted by atomic mass is 35.5. The summed E-state index contributed by atoms with van der Waals surface area (Å²) in [6, 6.07) is 13.4. The maximum atomic E-state index is 12.9. The third-order valence-electron chi connectivity index (χ3n) is 6.09. The number of carbonyl (C=O) groups is 2. The minimum atomic E-state index is -5.08. The number of H-pyrrole nitrogens is 1. The zero-order chi connectivity index (χ0) is 27.2. The molecule has 1 saturated heterocycles. The highest BCUT2D eigenvalue weighted by Crippen LogP contribution is 2.25. The number of fused-ring (bicyclic) bond motifs is 1. The smallest absolute Gasteiger partial charge is 0.475 e. The number of alkyl halides is 3. The number of amides is 1. The van der Waals surface area contributed by atoms with Crippen LogP contribution in [0.4, 0.5) is 13.2 Å². The Morgan fingerprint density at radius 1 is 1.16 bits per heavy atom. The van der Waals surface area contributed by atoms with Gasteiger partial charge in [-0.25, -0.2) is 4.79 Å². The molecule has 0 spiro atoms. The molecule has 0 bridgehead atoms. The van der Waals surface area contributed by atoms with E-state index in [0.717, 1.165) is 54.4 Å². The van der Waals surface area contributed by atoms with E-state index in [1.54, 1.807) is 12.1 Å². The first-order chi connectivity index (χ1) is 17.5. The molecule has 2 heterocycles. The summed E-state index contributed by atoms with van der Waals surface area (Å²) in [5.41, 5.74) is 3.63. The van der Waals surface area contributed by atoms with Crippen molar-refractivity contribution in [2.24, 2.45) is 0 Å². The third kappa shape index (κ3) is 7.70. The number of nitrogens with one attached hydrogen (secondary N) is 2. The lowest BCUT2D eigenvalue weighted by Gasteiger charge is -2.18. The largest absolute Gasteiger partial charge is 0.490 e. The van der Waals surface area contributed by atoms with Crippen molar-refractivity contribution >= 4 is 34.4 Å². The minimum absolute atomic E-state index is 0.113. The van der Waals surface area contributed by atoms with Crippen LogP contribution in [0.1, 0.15) is 47.4 Å². The number of carboxylic acid groups (broad SMARTS) is 1. The summed E-state index contributed by atoms with van der Waals surface area (Å²) in [4.78, 5) is 27.0. The first kappa shape index (κ1) is 28.5. The number of hydrogen-bond donors (Lipinski definition) is 4. The van der Waals surface area contributed by atoms with Crippen molar-refractivity contribution in [2.75, 3.05) is 19.6 Å². The minimum Gasteiger partial charge on any atom is -0.475 e. The quantitative estimate of drug-likeness (QED) is 0.340. The Morgan fingerprint density at radius 2 is 1.81 bits per heavy atom. The maximum absolute atomic E-state index is 12.9. The summed E-state index contributed by atoms with van der Waals surface area (Å²) in [5.74, 6) is -2.64. The van der Waals surface area contributed by atoms with Gasteiger partial charge in [0.15, 0.2) is 0 Å². The average Bonchev–Trinajstić information content (AvgIpc) is 3.52. The number of nitrogens with zero attached hydrogens (tertiary/aromatic N) is 1. The third-order valence-corrected chi connectivity index (χ3v) is 6.32. The van der Waals surface area contributed by atoms with Crippen LogP contribution in [0.5, 0.6) is 0 Å². The number of rotatable bonds is 7. The van der Waals surface area contributed by atoms with Crippen LogP contribution in [0.25, 0.3) is 10.9 Å². The number of halogens is 4. The van der Waals surface area contributed by atoms with Crippen LogP contribution in [0, 0.1) is 0 Å². The maximum Gasteiger partial charge on any atom is 0.490 e. The number of likely N-dealkylation sites (tertiary alicyclic amines) is 1. The number of aromatic amines is 1. The molecule has 3 aromatic rings. The first-order valence-corrected chi connectivity index (χ1v) is 12.2. The van der Waals surface area contributed by atoms with Gasteiger partial charge in [-0.2, -0.15) is 13.2 Å². The summed E-state index contributed by atoms with van der Waals surface area (Å²) in [6.07, 6.45) is -0.733. The van der Waals surface area contributed by atoms with Gasteiger partial charge in [-0.15, -0.1) is 0 Å². The van der Waals surface area contributed by atoms with Gasteiger partial charge in [0.1, 0.15) is 0 Å². The van der Waals surface area contributed by atoms with E-state index >= 15 is 0 Å². The number of carboxylic acids is 1. The van der Waals surface area contributed by atoms with E-state index in [0.29, 0.717) is 11.6 Å². The van der Waals surface area contributed by atoms with Crippen LogP contribution < -0.4 is 5.32 Å². The lowest BCUT2D eigenvalue weighted by Crippen LogP contribution is -2.32. The summed E-state index contributed by atoms with van der Waals surface area (Å²) in [5, 5.41) is 22.7. The zero-order valence-electron chi connectivity index (χ0n) is 20.2. The number of aromatic nitrogens is 1. The normalized spacial score (nSPS) is 15.2. The van der Waals surface area contributed by atoms with Crippen molar-refractivity contribution in [3.8, 4) is 0 Å². The van der Waals surface area contributed by atoms with Crippen LogP contribution >= 0.6 is 11.6 Å². The highest BCUT2D eigenvalue weighted by Gasteiger charge is 2.38. The Kier molecular flexibility index (Phi) is 9.58. The summed E-state index contributed by atoms with van der Waals surface area (Å²) in [6.45, 7) is 4.24. The molecule has 0 saturated carbocycles. The van der Waals surface area contributed by atoms with E-state index in [9.17, 15) is 23.1 Å². The zero-order valence-corrected chi connectivity index (χ0v) is 20.9. The van der Waals surface area contributed by atoms with E-state index in [2.05, 4.69) is 23.3 Å². The molecule has 0 radical (unpaired) electrons. The predicted octanol–water partition coefficient (Wildman–Crippen LogP) is 4.94. The number of benzene rings is 2. The van der Waals surface area contributed by atoms with E-state index in [-0.39, 0.29) is 11.9 Å². The van der Waals surface area contributed by atoms with Gasteiger partial charge in [0.05, 0.1) is 17.2 Å². The van der Waals surface area contributed by atoms with Crippen LogP contribution in [0.3, 0.4) is 0 Å². The molecule has 7 nitrogen and oxygen atoms in total. The molecule has 200 valence electrons. The van der Waals surface area contributed by atoms with Crippen molar-refractivity contribution < 1.29 is 33.0 Å². The second-order valence-electron chi connectivity index (χ2n) is 8.93. The number of para-hydroxylation sites is 1.